The zero-order valence-corrected chi connectivity index (χ0v) is 19.3. The molecule has 1 aromatic rings. The molecule has 3 N–H and O–H groups in total. The van der Waals surface area contributed by atoms with Crippen molar-refractivity contribution in [3.8, 4) is 0 Å². The van der Waals surface area contributed by atoms with E-state index in [2.05, 4.69) is 36.0 Å². The molecule has 0 spiro atoms. The summed E-state index contributed by atoms with van der Waals surface area (Å²) in [6.45, 7) is 2.64. The van der Waals surface area contributed by atoms with Crippen LogP contribution in [0.15, 0.2) is 18.2 Å². The van der Waals surface area contributed by atoms with E-state index < -0.39 is 6.04 Å². The number of anilines is 1. The standard InChI is InChI=1S/C25H36N4O3/c1-3-4-7-20(16-9-11-17(26-2)12-10-16)27-21-8-5-6-18-19(21)15-29(25(18)32)22-13-14-23(30)28-24(22)31/h5-6,8,16-17,20,22,26-27H,3-4,7,9-15H2,1-2H3,(H,28,30,31)/t16?,17?,20-,22-/m1/s1. The number of rotatable bonds is 8. The number of nitrogens with one attached hydrogen (secondary N) is 3. The quantitative estimate of drug-likeness (QED) is 0.540. The van der Waals surface area contributed by atoms with Gasteiger partial charge < -0.3 is 15.5 Å². The minimum atomic E-state index is -0.576. The zero-order valence-electron chi connectivity index (χ0n) is 19.3. The van der Waals surface area contributed by atoms with Gasteiger partial charge in [0.25, 0.3) is 5.91 Å². The number of piperidine rings is 1. The number of hydrogen-bond donors (Lipinski definition) is 3. The molecule has 174 valence electrons. The second-order valence-electron chi connectivity index (χ2n) is 9.53. The van der Waals surface area contributed by atoms with Gasteiger partial charge in [0.15, 0.2) is 0 Å². The molecule has 2 aliphatic heterocycles. The molecule has 1 aliphatic carbocycles. The molecule has 1 saturated carbocycles. The lowest BCUT2D eigenvalue weighted by Gasteiger charge is -2.35. The zero-order chi connectivity index (χ0) is 22.7. The Morgan fingerprint density at radius 2 is 1.91 bits per heavy atom. The van der Waals surface area contributed by atoms with Crippen molar-refractivity contribution in [3.63, 3.8) is 0 Å². The second kappa shape index (κ2) is 10.0. The van der Waals surface area contributed by atoms with E-state index in [1.165, 1.54) is 38.5 Å². The molecule has 32 heavy (non-hydrogen) atoms. The predicted molar refractivity (Wildman–Crippen MR) is 124 cm³/mol. The fraction of sp³-hybridized carbons (Fsp3) is 0.640. The number of hydrogen-bond acceptors (Lipinski definition) is 5. The summed E-state index contributed by atoms with van der Waals surface area (Å²) < 4.78 is 0. The molecule has 3 amide bonds. The number of unbranched alkanes of at least 4 members (excludes halogenated alkanes) is 1. The van der Waals surface area contributed by atoms with Gasteiger partial charge in [0, 0.05) is 41.9 Å². The third-order valence-corrected chi connectivity index (χ3v) is 7.54. The maximum absolute atomic E-state index is 13.1. The number of amides is 3. The molecule has 0 radical (unpaired) electrons. The van der Waals surface area contributed by atoms with E-state index in [1.54, 1.807) is 4.90 Å². The average molecular weight is 441 g/mol. The highest BCUT2D eigenvalue weighted by Gasteiger charge is 2.40. The van der Waals surface area contributed by atoms with Crippen LogP contribution in [0.3, 0.4) is 0 Å². The molecule has 2 fully saturated rings. The fourth-order valence-electron chi connectivity index (χ4n) is 5.58. The summed E-state index contributed by atoms with van der Waals surface area (Å²) in [6, 6.07) is 6.29. The first-order valence-electron chi connectivity index (χ1n) is 12.2. The molecule has 2 atom stereocenters. The van der Waals surface area contributed by atoms with E-state index in [0.717, 1.165) is 17.7 Å². The Morgan fingerprint density at radius 3 is 2.59 bits per heavy atom. The number of carbonyl (C=O) groups excluding carboxylic acids is 3. The van der Waals surface area contributed by atoms with E-state index >= 15 is 0 Å². The molecule has 0 bridgehead atoms. The van der Waals surface area contributed by atoms with Crippen LogP contribution in [0.1, 0.15) is 80.6 Å². The molecular formula is C25H36N4O3. The summed E-state index contributed by atoms with van der Waals surface area (Å²) in [5, 5.41) is 9.63. The van der Waals surface area contributed by atoms with Crippen LogP contribution in [0.5, 0.6) is 0 Å². The Labute approximate surface area is 190 Å². The van der Waals surface area contributed by atoms with Crippen molar-refractivity contribution in [1.82, 2.24) is 15.5 Å². The first-order valence-corrected chi connectivity index (χ1v) is 12.2. The molecule has 7 nitrogen and oxygen atoms in total. The highest BCUT2D eigenvalue weighted by molar-refractivity contribution is 6.06. The number of nitrogens with zero attached hydrogens (tertiary/aromatic N) is 1. The molecule has 1 saturated heterocycles. The summed E-state index contributed by atoms with van der Waals surface area (Å²) in [5.41, 5.74) is 2.67. The van der Waals surface area contributed by atoms with E-state index in [4.69, 9.17) is 0 Å². The van der Waals surface area contributed by atoms with Crippen molar-refractivity contribution in [3.05, 3.63) is 29.3 Å². The smallest absolute Gasteiger partial charge is 0.255 e. The van der Waals surface area contributed by atoms with Gasteiger partial charge in [-0.25, -0.2) is 0 Å². The first-order chi connectivity index (χ1) is 15.5. The van der Waals surface area contributed by atoms with Gasteiger partial charge in [0.1, 0.15) is 6.04 Å². The van der Waals surface area contributed by atoms with Crippen molar-refractivity contribution >= 4 is 23.4 Å². The third-order valence-electron chi connectivity index (χ3n) is 7.54. The van der Waals surface area contributed by atoms with E-state index in [9.17, 15) is 14.4 Å². The number of benzene rings is 1. The topological polar surface area (TPSA) is 90.5 Å². The van der Waals surface area contributed by atoms with E-state index in [-0.39, 0.29) is 24.1 Å². The fourth-order valence-corrected chi connectivity index (χ4v) is 5.58. The number of fused-ring (bicyclic) bond motifs is 1. The molecule has 7 heteroatoms. The van der Waals surface area contributed by atoms with E-state index in [0.29, 0.717) is 36.5 Å². The maximum Gasteiger partial charge on any atom is 0.255 e. The Hall–Kier alpha value is -2.41. The Bertz CT molecular complexity index is 863. The molecule has 2 heterocycles. The van der Waals surface area contributed by atoms with E-state index in [1.807, 2.05) is 12.1 Å². The van der Waals surface area contributed by atoms with Gasteiger partial charge in [-0.1, -0.05) is 25.8 Å². The summed E-state index contributed by atoms with van der Waals surface area (Å²) in [7, 11) is 2.05. The summed E-state index contributed by atoms with van der Waals surface area (Å²) >= 11 is 0. The van der Waals surface area contributed by atoms with Crippen molar-refractivity contribution < 1.29 is 14.4 Å². The maximum atomic E-state index is 13.1. The van der Waals surface area contributed by atoms with Crippen LogP contribution in [-0.2, 0) is 16.1 Å². The highest BCUT2D eigenvalue weighted by Crippen LogP contribution is 2.35. The Balaban J connectivity index is 1.51. The normalized spacial score (nSPS) is 26.6. The monoisotopic (exact) mass is 440 g/mol. The molecule has 4 rings (SSSR count). The minimum absolute atomic E-state index is 0.113. The van der Waals surface area contributed by atoms with Gasteiger partial charge in [0.05, 0.1) is 0 Å². The lowest BCUT2D eigenvalue weighted by atomic mass is 9.80. The summed E-state index contributed by atoms with van der Waals surface area (Å²) in [5.74, 6) is -0.105. The van der Waals surface area contributed by atoms with Crippen LogP contribution in [-0.4, -0.2) is 47.8 Å². The lowest BCUT2D eigenvalue weighted by molar-refractivity contribution is -0.136. The van der Waals surface area contributed by atoms with Crippen molar-refractivity contribution in [2.45, 2.75) is 89.4 Å². The SMILES string of the molecule is CCCC[C@@H](Nc1cccc2c1CN([C@@H]1CCC(=O)NC1=O)C2=O)C1CCC(NC)CC1. The minimum Gasteiger partial charge on any atom is -0.382 e. The summed E-state index contributed by atoms with van der Waals surface area (Å²) in [6.07, 6.45) is 8.97. The molecule has 3 aliphatic rings. The van der Waals surface area contributed by atoms with Crippen molar-refractivity contribution in [2.75, 3.05) is 12.4 Å². The van der Waals surface area contributed by atoms with Crippen LogP contribution >= 0.6 is 0 Å². The Morgan fingerprint density at radius 1 is 1.12 bits per heavy atom. The molecule has 0 unspecified atom stereocenters. The summed E-state index contributed by atoms with van der Waals surface area (Å²) in [4.78, 5) is 38.7. The van der Waals surface area contributed by atoms with Crippen molar-refractivity contribution in [2.24, 2.45) is 5.92 Å². The van der Waals surface area contributed by atoms with Crippen LogP contribution in [0.2, 0.25) is 0 Å². The lowest BCUT2D eigenvalue weighted by Crippen LogP contribution is -2.52. The van der Waals surface area contributed by atoms with Gasteiger partial charge in [-0.15, -0.1) is 0 Å². The van der Waals surface area contributed by atoms with Gasteiger partial charge in [-0.05, 0) is 63.6 Å². The third kappa shape index (κ3) is 4.68. The number of imide groups is 1. The van der Waals surface area contributed by atoms with Gasteiger partial charge in [-0.3, -0.25) is 19.7 Å². The average Bonchev–Trinajstić information content (AvgIpc) is 3.14. The van der Waals surface area contributed by atoms with Crippen molar-refractivity contribution in [1.29, 1.82) is 0 Å². The first kappa shape index (κ1) is 22.8. The Kier molecular flexibility index (Phi) is 7.13. The molecular weight excluding hydrogens is 404 g/mol. The highest BCUT2D eigenvalue weighted by atomic mass is 16.2. The van der Waals surface area contributed by atoms with Gasteiger partial charge in [-0.2, -0.15) is 0 Å². The van der Waals surface area contributed by atoms with Gasteiger partial charge in [0.2, 0.25) is 11.8 Å². The van der Waals surface area contributed by atoms with Gasteiger partial charge >= 0.3 is 0 Å². The van der Waals surface area contributed by atoms with Crippen LogP contribution in [0, 0.1) is 5.92 Å². The predicted octanol–water partition coefficient (Wildman–Crippen LogP) is 3.20. The van der Waals surface area contributed by atoms with Crippen LogP contribution < -0.4 is 16.0 Å². The molecule has 1 aromatic carbocycles. The number of carbonyl (C=O) groups is 3. The van der Waals surface area contributed by atoms with Crippen LogP contribution in [0.4, 0.5) is 5.69 Å². The largest absolute Gasteiger partial charge is 0.382 e. The second-order valence-corrected chi connectivity index (χ2v) is 9.53. The van der Waals surface area contributed by atoms with Crippen LogP contribution in [0.25, 0.3) is 0 Å². The molecule has 0 aromatic heterocycles.